The van der Waals surface area contributed by atoms with Gasteiger partial charge in [-0.1, -0.05) is 137 Å². The van der Waals surface area contributed by atoms with Crippen LogP contribution in [0.2, 0.25) is 0 Å². The van der Waals surface area contributed by atoms with Crippen LogP contribution in [0.3, 0.4) is 0 Å². The summed E-state index contributed by atoms with van der Waals surface area (Å²) in [6.45, 7) is 30.4. The maximum absolute atomic E-state index is 14.7. The van der Waals surface area contributed by atoms with Crippen LogP contribution >= 0.6 is 0 Å². The molecule has 0 radical (unpaired) electrons. The van der Waals surface area contributed by atoms with Gasteiger partial charge in [0.2, 0.25) is 106 Å². The number of nitrogens with zero attached hydrogens (tertiary/aromatic N) is 4. The van der Waals surface area contributed by atoms with Gasteiger partial charge >= 0.3 is 5.97 Å². The van der Waals surface area contributed by atoms with Crippen LogP contribution in [0.5, 0.6) is 0 Å². The molecule has 44 heteroatoms. The Morgan fingerprint density at radius 2 is 0.692 bits per heavy atom. The first kappa shape index (κ1) is 114. The van der Waals surface area contributed by atoms with Crippen molar-refractivity contribution in [3.05, 3.63) is 0 Å². The third kappa shape index (κ3) is 34.2. The quantitative estimate of drug-likeness (QED) is 0.0161. The van der Waals surface area contributed by atoms with Gasteiger partial charge in [-0.05, 0) is 144 Å². The van der Waals surface area contributed by atoms with E-state index in [2.05, 4.69) is 74.4 Å². The van der Waals surface area contributed by atoms with Gasteiger partial charge in [0.25, 0.3) is 0 Å². The van der Waals surface area contributed by atoms with E-state index < -0.39 is 282 Å². The van der Waals surface area contributed by atoms with Gasteiger partial charge in [-0.2, -0.15) is 0 Å². The molecule has 4 saturated heterocycles. The van der Waals surface area contributed by atoms with E-state index in [4.69, 9.17) is 22.6 Å². The van der Waals surface area contributed by atoms with Crippen molar-refractivity contribution in [3.63, 3.8) is 0 Å². The van der Waals surface area contributed by atoms with Gasteiger partial charge in [0.05, 0.1) is 25.3 Å². The molecule has 133 heavy (non-hydrogen) atoms. The van der Waals surface area contributed by atoms with Crippen LogP contribution in [-0.4, -0.2) is 308 Å². The highest BCUT2D eigenvalue weighted by Gasteiger charge is 2.47. The van der Waals surface area contributed by atoms with E-state index in [0.717, 1.165) is 9.80 Å². The molecule has 4 aliphatic heterocycles. The molecule has 4 heterocycles. The molecule has 44 nitrogen and oxygen atoms in total. The highest BCUT2D eigenvalue weighted by Crippen LogP contribution is 2.27. The first-order chi connectivity index (χ1) is 62.2. The number of carbonyl (C=O) groups excluding carboxylic acids is 18. The normalized spacial score (nSPS) is 19.8. The highest BCUT2D eigenvalue weighted by atomic mass is 16.4. The van der Waals surface area contributed by atoms with Crippen molar-refractivity contribution in [3.8, 4) is 0 Å². The monoisotopic (exact) mass is 1880 g/mol. The van der Waals surface area contributed by atoms with Crippen molar-refractivity contribution in [2.75, 3.05) is 45.9 Å². The van der Waals surface area contributed by atoms with Gasteiger partial charge in [0.15, 0.2) is 5.96 Å². The third-order valence-corrected chi connectivity index (χ3v) is 24.8. The molecular formula is C89H154N22O22. The number of primary amides is 1. The van der Waals surface area contributed by atoms with Gasteiger partial charge in [-0.25, -0.2) is 4.79 Å². The lowest BCUT2D eigenvalue weighted by molar-refractivity contribution is -0.145. The van der Waals surface area contributed by atoms with Crippen molar-refractivity contribution < 1.29 is 106 Å². The number of hydrogen-bond acceptors (Lipinski definition) is 23. The van der Waals surface area contributed by atoms with E-state index in [-0.39, 0.29) is 115 Å². The Kier molecular flexibility index (Phi) is 46.8. The molecule has 0 saturated carbocycles. The number of aliphatic carboxylic acids is 1. The van der Waals surface area contributed by atoms with Crippen LogP contribution in [0.1, 0.15) is 234 Å². The Bertz CT molecular complexity index is 4050. The molecule has 4 fully saturated rings. The van der Waals surface area contributed by atoms with E-state index in [9.17, 15) is 106 Å². The smallest absolute Gasteiger partial charge is 0.326 e. The lowest BCUT2D eigenvalue weighted by atomic mass is 9.95. The third-order valence-electron chi connectivity index (χ3n) is 24.8. The summed E-state index contributed by atoms with van der Waals surface area (Å²) in [5.41, 5.74) is 17.0. The number of nitrogens with one attached hydrogen (secondary N) is 15. The number of carboxylic acids is 1. The molecule has 752 valence electrons. The standard InChI is InChI=1S/C89H154N22O22/c1-20-50(17)69(83(127)98-56(88(132)133)40-44(5)6)105-75(119)59-29-23-35-108(59)63(115)41-95-73(117)58-28-24-36-109(58)86(130)55(39-43(3)4)97-84(128)71(52(19)113)107-81(125)68(49(15)16)104-79(123)66(47(11)12)102-78(122)65(46(9)10)101-76(120)61-31-26-38-111(61)87(131)57(42-112)99-74(118)60-30-25-37-110(60)85(129)54(32-33-62(91)114)96-82(126)70(51(18)21-2)106-80(124)67(48(13)14)103-77(121)64(45(7)8)100-72(116)53(90)27-22-34-94-89(92)93/h43-61,64-71,112-113H,20-42,90H2,1-19H3,(H2,91,114)(H,95,117)(H,96,126)(H,97,128)(H,98,127)(H,99,118)(H,100,116)(H,101,120)(H,102,122)(H,103,121)(H,104,123)(H,105,119)(H,106,124)(H,107,125)(H,132,133)(H4,92,93,94)/t50-,51-,52+,53-,54-,55-,56-,57-,58-,59-,60-,61-,64-,65-,66-,67-,68-,69-,70-,71-/m0/s1. The number of rotatable bonds is 53. The zero-order valence-corrected chi connectivity index (χ0v) is 81.0. The van der Waals surface area contributed by atoms with Gasteiger partial charge in [0.1, 0.15) is 96.7 Å². The number of nitrogens with two attached hydrogens (primary N) is 3. The van der Waals surface area contributed by atoms with E-state index in [0.29, 0.717) is 32.1 Å². The second-order valence-electron chi connectivity index (χ2n) is 38.3. The molecule has 0 aromatic heterocycles. The molecule has 0 bridgehead atoms. The minimum Gasteiger partial charge on any atom is -0.480 e. The summed E-state index contributed by atoms with van der Waals surface area (Å²) >= 11 is 0. The summed E-state index contributed by atoms with van der Waals surface area (Å²) in [4.78, 5) is 271. The number of carbonyl (C=O) groups is 19. The molecule has 0 spiro atoms. The van der Waals surface area contributed by atoms with E-state index in [1.807, 2.05) is 20.8 Å². The largest absolute Gasteiger partial charge is 0.480 e. The molecule has 0 unspecified atom stereocenters. The number of aliphatic hydroxyl groups excluding tert-OH is 2. The van der Waals surface area contributed by atoms with Crippen molar-refractivity contribution in [1.82, 2.24) is 94.0 Å². The Hall–Kier alpha value is -10.9. The number of likely N-dealkylation sites (tertiary alicyclic amines) is 4. The highest BCUT2D eigenvalue weighted by molar-refractivity contribution is 6.02. The zero-order valence-electron chi connectivity index (χ0n) is 81.0. The second-order valence-corrected chi connectivity index (χ2v) is 38.3. The average molecular weight is 1880 g/mol. The fourth-order valence-corrected chi connectivity index (χ4v) is 16.5. The summed E-state index contributed by atoms with van der Waals surface area (Å²) in [6, 6.07) is -22.3. The molecular weight excluding hydrogens is 1730 g/mol. The summed E-state index contributed by atoms with van der Waals surface area (Å²) in [6.07, 6.45) is 0.893. The Balaban J connectivity index is 1.43. The van der Waals surface area contributed by atoms with Gasteiger partial charge in [-0.15, -0.1) is 0 Å². The summed E-state index contributed by atoms with van der Waals surface area (Å²) in [5, 5.41) is 76.1. The van der Waals surface area contributed by atoms with Gasteiger partial charge < -0.3 is 127 Å². The van der Waals surface area contributed by atoms with Crippen molar-refractivity contribution in [2.24, 2.45) is 70.5 Å². The lowest BCUT2D eigenvalue weighted by Crippen LogP contribution is -2.63. The van der Waals surface area contributed by atoms with Crippen LogP contribution in [0, 0.1) is 58.7 Å². The summed E-state index contributed by atoms with van der Waals surface area (Å²) in [7, 11) is 0. The number of aliphatic hydroxyl groups is 2. The Labute approximate surface area is 780 Å². The average Bonchev–Trinajstić information content (AvgIpc) is 1.68. The van der Waals surface area contributed by atoms with Crippen molar-refractivity contribution >= 4 is 118 Å². The number of hydrogen-bond donors (Lipinski definition) is 21. The fourth-order valence-electron chi connectivity index (χ4n) is 16.5. The van der Waals surface area contributed by atoms with Crippen molar-refractivity contribution in [1.29, 1.82) is 5.41 Å². The SMILES string of the molecule is CC[C@H](C)[C@H](NC(=O)[C@@H](NC(=O)[C@@H](NC(=O)[C@@H](N)CCCNC(=N)N)C(C)C)C(C)C)C(=O)N[C@@H](CCC(N)=O)C(=O)N1CCC[C@H]1C(=O)N[C@@H](CO)C(=O)N1CCC[C@H]1C(=O)N[C@H](C(=O)N[C@H](C(=O)N[C@H](C(=O)N[C@H](C(=O)N[C@@H](CC(C)C)C(=O)N1CCC[C@H]1C(=O)NCC(=O)N1CCC[C@H]1C(=O)N[C@H](C(=O)N[C@@H](CC(C)C)C(=O)O)[C@@H](C)CC)[C@@H](C)O)C(C)C)C(C)C)C(C)C. The van der Waals surface area contributed by atoms with Crippen molar-refractivity contribution in [2.45, 2.75) is 343 Å². The molecule has 4 rings (SSSR count). The number of carboxylic acid groups (broad SMARTS) is 1. The predicted molar refractivity (Wildman–Crippen MR) is 489 cm³/mol. The molecule has 0 aliphatic carbocycles. The summed E-state index contributed by atoms with van der Waals surface area (Å²) < 4.78 is 0. The van der Waals surface area contributed by atoms with E-state index in [1.54, 1.807) is 104 Å². The van der Waals surface area contributed by atoms with Crippen LogP contribution < -0.4 is 91.6 Å². The minimum atomic E-state index is -1.74. The van der Waals surface area contributed by atoms with Crippen LogP contribution in [-0.2, 0) is 91.1 Å². The van der Waals surface area contributed by atoms with Crippen LogP contribution in [0.25, 0.3) is 0 Å². The summed E-state index contributed by atoms with van der Waals surface area (Å²) in [5.74, 6) is -20.2. The van der Waals surface area contributed by atoms with Gasteiger partial charge in [0, 0.05) is 39.1 Å². The molecule has 0 aromatic carbocycles. The fraction of sp³-hybridized carbons (Fsp3) is 0.775. The minimum absolute atomic E-state index is 0.0231. The maximum atomic E-state index is 14.7. The Morgan fingerprint density at radius 3 is 1.08 bits per heavy atom. The van der Waals surface area contributed by atoms with Crippen LogP contribution in [0.4, 0.5) is 0 Å². The predicted octanol–water partition coefficient (Wildman–Crippen LogP) is -3.34. The first-order valence-corrected chi connectivity index (χ1v) is 47.0. The molecule has 20 atom stereocenters. The zero-order chi connectivity index (χ0) is 101. The van der Waals surface area contributed by atoms with E-state index in [1.165, 1.54) is 16.7 Å². The van der Waals surface area contributed by atoms with Gasteiger partial charge in [-0.3, -0.25) is 91.7 Å². The first-order valence-electron chi connectivity index (χ1n) is 47.0. The topological polar surface area (TPSA) is 668 Å². The second kappa shape index (κ2) is 54.4. The van der Waals surface area contributed by atoms with Crippen LogP contribution in [0.15, 0.2) is 0 Å². The molecule has 4 aliphatic rings. The Morgan fingerprint density at radius 1 is 0.376 bits per heavy atom. The number of guanidine groups is 1. The molecule has 18 amide bonds. The lowest BCUT2D eigenvalue weighted by Gasteiger charge is -2.33. The number of amides is 18. The van der Waals surface area contributed by atoms with E-state index >= 15 is 0 Å². The maximum Gasteiger partial charge on any atom is 0.326 e. The molecule has 0 aromatic rings. The molecule has 24 N–H and O–H groups in total.